The molecular formula is C17H27N7O. The third kappa shape index (κ3) is 2.82. The van der Waals surface area contributed by atoms with Crippen molar-refractivity contribution in [1.82, 2.24) is 25.1 Å². The first-order chi connectivity index (χ1) is 12.3. The van der Waals surface area contributed by atoms with Crippen LogP contribution in [0.15, 0.2) is 21.3 Å². The minimum absolute atomic E-state index is 0.455. The van der Waals surface area contributed by atoms with Crippen molar-refractivity contribution in [2.75, 3.05) is 66.1 Å². The molecule has 4 aliphatic heterocycles. The molecule has 1 atom stereocenters. The van der Waals surface area contributed by atoms with Crippen LogP contribution in [0.3, 0.4) is 0 Å². The zero-order chi connectivity index (χ0) is 16.8. The van der Waals surface area contributed by atoms with E-state index in [1.807, 2.05) is 0 Å². The monoisotopic (exact) mass is 345 g/mol. The Labute approximate surface area is 148 Å². The van der Waals surface area contributed by atoms with E-state index in [-0.39, 0.29) is 0 Å². The normalized spacial score (nSPS) is 30.8. The maximum Gasteiger partial charge on any atom is 0.248 e. The highest BCUT2D eigenvalue weighted by atomic mass is 16.5. The lowest BCUT2D eigenvalue weighted by atomic mass is 10.1. The van der Waals surface area contributed by atoms with Crippen LogP contribution in [-0.2, 0) is 4.74 Å². The number of ether oxygens (including phenoxy) is 1. The summed E-state index contributed by atoms with van der Waals surface area (Å²) in [5.74, 6) is 1.81. The number of nitrogens with one attached hydrogen (secondary N) is 1. The summed E-state index contributed by atoms with van der Waals surface area (Å²) in [5, 5.41) is 2.12. The Hall–Kier alpha value is -1.64. The molecule has 4 heterocycles. The Kier molecular flexibility index (Phi) is 3.91. The van der Waals surface area contributed by atoms with Gasteiger partial charge in [-0.05, 0) is 25.5 Å². The Bertz CT molecular complexity index is 629. The molecule has 0 aromatic heterocycles. The van der Waals surface area contributed by atoms with Crippen molar-refractivity contribution in [3.63, 3.8) is 0 Å². The minimum Gasteiger partial charge on any atom is -0.379 e. The molecule has 0 amide bonds. The van der Waals surface area contributed by atoms with Crippen LogP contribution in [0.25, 0.3) is 0 Å². The average molecular weight is 345 g/mol. The molecule has 0 aromatic rings. The molecule has 136 valence electrons. The molecule has 2 fully saturated rings. The fourth-order valence-electron chi connectivity index (χ4n) is 4.37. The van der Waals surface area contributed by atoms with E-state index in [0.29, 0.717) is 6.04 Å². The Morgan fingerprint density at radius 2 is 1.84 bits per heavy atom. The van der Waals surface area contributed by atoms with Crippen LogP contribution in [0.2, 0.25) is 0 Å². The number of nitrogens with zero attached hydrogens (tertiary/aromatic N) is 6. The molecule has 25 heavy (non-hydrogen) atoms. The number of guanidine groups is 2. The van der Waals surface area contributed by atoms with E-state index in [2.05, 4.69) is 32.2 Å². The van der Waals surface area contributed by atoms with Crippen LogP contribution >= 0.6 is 0 Å². The summed E-state index contributed by atoms with van der Waals surface area (Å²) in [6.07, 6.45) is 2.33. The lowest BCUT2D eigenvalue weighted by molar-refractivity contribution is 0.0236. The summed E-state index contributed by atoms with van der Waals surface area (Å²) in [4.78, 5) is 17.0. The maximum absolute atomic E-state index is 5.51. The molecule has 8 nitrogen and oxygen atoms in total. The van der Waals surface area contributed by atoms with E-state index in [9.17, 15) is 0 Å². The van der Waals surface area contributed by atoms with Gasteiger partial charge in [-0.25, -0.2) is 10.0 Å². The number of piperazine rings is 1. The first-order valence-electron chi connectivity index (χ1n) is 9.47. The lowest BCUT2D eigenvalue weighted by Crippen LogP contribution is -2.53. The van der Waals surface area contributed by atoms with Gasteiger partial charge in [0.15, 0.2) is 0 Å². The van der Waals surface area contributed by atoms with E-state index in [1.54, 1.807) is 0 Å². The number of hydrogen-bond acceptors (Lipinski definition) is 8. The van der Waals surface area contributed by atoms with Crippen molar-refractivity contribution in [2.24, 2.45) is 9.98 Å². The predicted molar refractivity (Wildman–Crippen MR) is 96.2 cm³/mol. The van der Waals surface area contributed by atoms with Gasteiger partial charge in [-0.2, -0.15) is 4.99 Å². The Balaban J connectivity index is 1.33. The molecule has 0 aromatic carbocycles. The first-order valence-corrected chi connectivity index (χ1v) is 9.47. The van der Waals surface area contributed by atoms with Gasteiger partial charge in [0, 0.05) is 39.3 Å². The second kappa shape index (κ2) is 6.26. The smallest absolute Gasteiger partial charge is 0.248 e. The van der Waals surface area contributed by atoms with Gasteiger partial charge in [-0.1, -0.05) is 0 Å². The topological polar surface area (TPSA) is 58.9 Å². The summed E-state index contributed by atoms with van der Waals surface area (Å²) in [6.45, 7) is 8.84. The molecule has 0 saturated carbocycles. The number of hydrogen-bond donors (Lipinski definition) is 1. The standard InChI is InChI=1S/C17H27N7O/c1-21-4-6-23(7-5-21)17-19-16-18-15-13(12-24(16)20-17)2-3-14(15)22-8-10-25-11-9-22/h14H,2-12H2,1H3,(H,18,19,20). The number of likely N-dealkylation sites (N-methyl/N-ethyl adjacent to an activating group) is 1. The SMILES string of the molecule is CN1CCN(C2=NC3=NC4=C(CCC4N4CCOCC4)CN3N2)CC1. The highest BCUT2D eigenvalue weighted by Gasteiger charge is 2.38. The molecule has 1 aliphatic carbocycles. The fraction of sp³-hybridized carbons (Fsp3) is 0.765. The van der Waals surface area contributed by atoms with Gasteiger partial charge in [0.05, 0.1) is 31.5 Å². The minimum atomic E-state index is 0.455. The van der Waals surface area contributed by atoms with Crippen LogP contribution in [0.1, 0.15) is 12.8 Å². The number of hydrazine groups is 1. The van der Waals surface area contributed by atoms with Gasteiger partial charge in [0.2, 0.25) is 11.9 Å². The molecule has 8 heteroatoms. The van der Waals surface area contributed by atoms with E-state index in [4.69, 9.17) is 14.7 Å². The summed E-state index contributed by atoms with van der Waals surface area (Å²) < 4.78 is 5.51. The zero-order valence-electron chi connectivity index (χ0n) is 14.9. The molecule has 0 radical (unpaired) electrons. The molecule has 1 unspecified atom stereocenters. The van der Waals surface area contributed by atoms with Crippen molar-refractivity contribution >= 4 is 11.9 Å². The van der Waals surface area contributed by atoms with Gasteiger partial charge in [-0.15, -0.1) is 0 Å². The average Bonchev–Trinajstić information content (AvgIpc) is 3.24. The Morgan fingerprint density at radius 1 is 1.04 bits per heavy atom. The summed E-state index contributed by atoms with van der Waals surface area (Å²) in [5.41, 5.74) is 6.23. The van der Waals surface area contributed by atoms with Crippen molar-refractivity contribution in [3.05, 3.63) is 11.3 Å². The van der Waals surface area contributed by atoms with Crippen LogP contribution in [0.4, 0.5) is 0 Å². The number of rotatable bonds is 1. The van der Waals surface area contributed by atoms with Gasteiger partial charge in [0.1, 0.15) is 0 Å². The van der Waals surface area contributed by atoms with Gasteiger partial charge in [0.25, 0.3) is 0 Å². The van der Waals surface area contributed by atoms with Gasteiger partial charge < -0.3 is 14.5 Å². The van der Waals surface area contributed by atoms with Crippen LogP contribution < -0.4 is 5.43 Å². The van der Waals surface area contributed by atoms with Crippen molar-refractivity contribution in [3.8, 4) is 0 Å². The van der Waals surface area contributed by atoms with E-state index in [1.165, 1.54) is 17.7 Å². The molecule has 2 saturated heterocycles. The van der Waals surface area contributed by atoms with E-state index < -0.39 is 0 Å². The molecule has 1 N–H and O–H groups in total. The van der Waals surface area contributed by atoms with Crippen molar-refractivity contribution < 1.29 is 4.74 Å². The van der Waals surface area contributed by atoms with Gasteiger partial charge in [-0.3, -0.25) is 10.3 Å². The molecule has 5 rings (SSSR count). The van der Waals surface area contributed by atoms with E-state index in [0.717, 1.165) is 77.4 Å². The zero-order valence-corrected chi connectivity index (χ0v) is 14.9. The highest BCUT2D eigenvalue weighted by Crippen LogP contribution is 2.35. The van der Waals surface area contributed by atoms with Crippen molar-refractivity contribution in [2.45, 2.75) is 18.9 Å². The quantitative estimate of drug-likeness (QED) is 0.693. The third-order valence-corrected chi connectivity index (χ3v) is 5.94. The summed E-state index contributed by atoms with van der Waals surface area (Å²) in [6, 6.07) is 0.455. The molecular weight excluding hydrogens is 318 g/mol. The van der Waals surface area contributed by atoms with Crippen LogP contribution in [0, 0.1) is 0 Å². The lowest BCUT2D eigenvalue weighted by Gasteiger charge is -2.34. The largest absolute Gasteiger partial charge is 0.379 e. The Morgan fingerprint density at radius 3 is 2.64 bits per heavy atom. The first kappa shape index (κ1) is 15.6. The third-order valence-electron chi connectivity index (χ3n) is 5.94. The maximum atomic E-state index is 5.51. The number of aliphatic imine (C=N–C) groups is 2. The molecule has 0 spiro atoms. The second-order valence-corrected chi connectivity index (χ2v) is 7.53. The molecule has 0 bridgehead atoms. The van der Waals surface area contributed by atoms with Gasteiger partial charge >= 0.3 is 0 Å². The highest BCUT2D eigenvalue weighted by molar-refractivity contribution is 6.01. The predicted octanol–water partition coefficient (Wildman–Crippen LogP) is -0.472. The second-order valence-electron chi connectivity index (χ2n) is 7.53. The van der Waals surface area contributed by atoms with Crippen molar-refractivity contribution in [1.29, 1.82) is 0 Å². The fourth-order valence-corrected chi connectivity index (χ4v) is 4.37. The summed E-state index contributed by atoms with van der Waals surface area (Å²) in [7, 11) is 2.18. The summed E-state index contributed by atoms with van der Waals surface area (Å²) >= 11 is 0. The van der Waals surface area contributed by atoms with Crippen LogP contribution in [-0.4, -0.2) is 104 Å². The molecule has 5 aliphatic rings. The van der Waals surface area contributed by atoms with E-state index >= 15 is 0 Å². The number of fused-ring (bicyclic) bond motifs is 1. The van der Waals surface area contributed by atoms with Crippen LogP contribution in [0.5, 0.6) is 0 Å². The number of morpholine rings is 1.